The van der Waals surface area contributed by atoms with E-state index in [1.54, 1.807) is 6.20 Å². The summed E-state index contributed by atoms with van der Waals surface area (Å²) in [5.74, 6) is 0.581. The molecule has 1 aliphatic rings. The molecule has 0 aliphatic carbocycles. The topological polar surface area (TPSA) is 52.0 Å². The standard InChI is InChI=1S/C23H20N4O/c1-2-13-28-16-17-4-3-5-20(14-17)25-23-24-10-8-21(26-23)19-7-6-18-9-12-27(11-1)22(18)15-19/h1-10,12,14-15H,11,13,16H2,(H,24,25,26)/b2-1-. The van der Waals surface area contributed by atoms with Crippen LogP contribution in [-0.2, 0) is 17.9 Å². The molecule has 2 aromatic heterocycles. The number of benzene rings is 2. The molecule has 5 heteroatoms. The van der Waals surface area contributed by atoms with Crippen LogP contribution in [0.2, 0.25) is 0 Å². The van der Waals surface area contributed by atoms with Crippen LogP contribution >= 0.6 is 0 Å². The van der Waals surface area contributed by atoms with Crippen LogP contribution in [-0.4, -0.2) is 21.1 Å². The van der Waals surface area contributed by atoms with Crippen molar-refractivity contribution in [3.8, 4) is 11.3 Å². The van der Waals surface area contributed by atoms with E-state index in [0.29, 0.717) is 19.2 Å². The summed E-state index contributed by atoms with van der Waals surface area (Å²) in [6.07, 6.45) is 8.12. The molecular formula is C23H20N4O. The molecule has 0 saturated heterocycles. The molecular weight excluding hydrogens is 348 g/mol. The average Bonchev–Trinajstić information content (AvgIpc) is 3.13. The minimum atomic E-state index is 0.565. The minimum Gasteiger partial charge on any atom is -0.373 e. The number of rotatable bonds is 0. The summed E-state index contributed by atoms with van der Waals surface area (Å²) in [6, 6.07) is 18.7. The molecule has 0 unspecified atom stereocenters. The Morgan fingerprint density at radius 1 is 1.00 bits per heavy atom. The van der Waals surface area contributed by atoms with Gasteiger partial charge in [0.05, 0.1) is 18.9 Å². The zero-order valence-electron chi connectivity index (χ0n) is 15.4. The summed E-state index contributed by atoms with van der Waals surface area (Å²) in [5.41, 5.74) is 5.21. The molecule has 0 spiro atoms. The van der Waals surface area contributed by atoms with Gasteiger partial charge in [0.2, 0.25) is 5.95 Å². The van der Waals surface area contributed by atoms with Crippen LogP contribution in [0.4, 0.5) is 11.6 Å². The van der Waals surface area contributed by atoms with Crippen molar-refractivity contribution in [1.29, 1.82) is 0 Å². The van der Waals surface area contributed by atoms with E-state index < -0.39 is 0 Å². The van der Waals surface area contributed by atoms with Crippen molar-refractivity contribution >= 4 is 22.5 Å². The second-order valence-electron chi connectivity index (χ2n) is 6.82. The maximum absolute atomic E-state index is 5.78. The van der Waals surface area contributed by atoms with Crippen LogP contribution in [0.1, 0.15) is 5.56 Å². The largest absolute Gasteiger partial charge is 0.373 e. The Hall–Kier alpha value is -3.44. The number of hydrogen-bond acceptors (Lipinski definition) is 4. The summed E-state index contributed by atoms with van der Waals surface area (Å²) < 4.78 is 8.02. The van der Waals surface area contributed by atoms with E-state index in [1.165, 1.54) is 10.9 Å². The predicted molar refractivity (Wildman–Crippen MR) is 111 cm³/mol. The highest BCUT2D eigenvalue weighted by atomic mass is 16.5. The highest BCUT2D eigenvalue weighted by molar-refractivity contribution is 5.85. The van der Waals surface area contributed by atoms with Crippen molar-refractivity contribution < 1.29 is 4.74 Å². The summed E-state index contributed by atoms with van der Waals surface area (Å²) in [5, 5.41) is 4.52. The number of nitrogens with zero attached hydrogens (tertiary/aromatic N) is 3. The zero-order chi connectivity index (χ0) is 18.8. The normalized spacial score (nSPS) is 15.1. The number of fused-ring (bicyclic) bond motifs is 6. The quantitative estimate of drug-likeness (QED) is 0.447. The van der Waals surface area contributed by atoms with Crippen LogP contribution in [0.15, 0.2) is 79.1 Å². The molecule has 138 valence electrons. The molecule has 5 nitrogen and oxygen atoms in total. The molecule has 5 rings (SSSR count). The lowest BCUT2D eigenvalue weighted by atomic mass is 10.1. The summed E-state index contributed by atoms with van der Waals surface area (Å²) in [4.78, 5) is 9.10. The Kier molecular flexibility index (Phi) is 4.35. The van der Waals surface area contributed by atoms with Crippen LogP contribution in [0.3, 0.4) is 0 Å². The summed E-state index contributed by atoms with van der Waals surface area (Å²) in [7, 11) is 0. The van der Waals surface area contributed by atoms with Gasteiger partial charge in [0.1, 0.15) is 0 Å². The van der Waals surface area contributed by atoms with Crippen LogP contribution < -0.4 is 5.32 Å². The van der Waals surface area contributed by atoms with Gasteiger partial charge in [-0.05, 0) is 41.3 Å². The number of hydrogen-bond donors (Lipinski definition) is 1. The Bertz CT molecular complexity index is 1160. The van der Waals surface area contributed by atoms with Gasteiger partial charge in [0.25, 0.3) is 0 Å². The number of anilines is 2. The first-order chi connectivity index (χ1) is 13.8. The van der Waals surface area contributed by atoms with Gasteiger partial charge in [-0.15, -0.1) is 0 Å². The van der Waals surface area contributed by atoms with E-state index in [-0.39, 0.29) is 0 Å². The maximum atomic E-state index is 5.78. The molecule has 28 heavy (non-hydrogen) atoms. The van der Waals surface area contributed by atoms with Gasteiger partial charge in [-0.25, -0.2) is 9.97 Å². The number of aromatic nitrogens is 3. The Morgan fingerprint density at radius 2 is 2.00 bits per heavy atom. The Labute approximate surface area is 163 Å². The lowest BCUT2D eigenvalue weighted by molar-refractivity contribution is 0.148. The van der Waals surface area contributed by atoms with Crippen molar-refractivity contribution in [2.45, 2.75) is 13.2 Å². The Balaban J connectivity index is 1.60. The van der Waals surface area contributed by atoms with Crippen molar-refractivity contribution in [2.75, 3.05) is 11.9 Å². The van der Waals surface area contributed by atoms with Gasteiger partial charge < -0.3 is 14.6 Å². The molecule has 2 aromatic carbocycles. The van der Waals surface area contributed by atoms with Crippen LogP contribution in [0, 0.1) is 0 Å². The average molecular weight is 368 g/mol. The molecule has 1 N–H and O–H groups in total. The van der Waals surface area contributed by atoms with E-state index in [9.17, 15) is 0 Å². The van der Waals surface area contributed by atoms with E-state index in [0.717, 1.165) is 29.1 Å². The third kappa shape index (κ3) is 3.40. The third-order valence-electron chi connectivity index (χ3n) is 4.86. The van der Waals surface area contributed by atoms with E-state index in [2.05, 4.69) is 69.6 Å². The molecule has 0 saturated carbocycles. The van der Waals surface area contributed by atoms with Gasteiger partial charge in [-0.3, -0.25) is 0 Å². The highest BCUT2D eigenvalue weighted by Gasteiger charge is 2.07. The van der Waals surface area contributed by atoms with Gasteiger partial charge in [0, 0.05) is 35.7 Å². The molecule has 0 atom stereocenters. The lowest BCUT2D eigenvalue weighted by Gasteiger charge is -2.09. The monoisotopic (exact) mass is 368 g/mol. The van der Waals surface area contributed by atoms with E-state index in [1.807, 2.05) is 18.2 Å². The first kappa shape index (κ1) is 16.7. The first-order valence-electron chi connectivity index (χ1n) is 9.36. The fraction of sp³-hybridized carbons (Fsp3) is 0.130. The number of nitrogens with one attached hydrogen (secondary N) is 1. The van der Waals surface area contributed by atoms with Crippen molar-refractivity contribution in [1.82, 2.24) is 14.5 Å². The maximum Gasteiger partial charge on any atom is 0.227 e. The van der Waals surface area contributed by atoms with Crippen molar-refractivity contribution in [3.05, 3.63) is 84.7 Å². The van der Waals surface area contributed by atoms with Crippen molar-refractivity contribution in [2.24, 2.45) is 0 Å². The van der Waals surface area contributed by atoms with Gasteiger partial charge in [-0.1, -0.05) is 36.4 Å². The molecule has 0 fully saturated rings. The molecule has 4 aromatic rings. The fourth-order valence-electron chi connectivity index (χ4n) is 3.45. The number of ether oxygens (including phenoxy) is 1. The summed E-state index contributed by atoms with van der Waals surface area (Å²) in [6.45, 7) is 1.96. The molecule has 1 aliphatic heterocycles. The molecule has 0 radical (unpaired) electrons. The lowest BCUT2D eigenvalue weighted by Crippen LogP contribution is -1.99. The van der Waals surface area contributed by atoms with Gasteiger partial charge in [-0.2, -0.15) is 0 Å². The van der Waals surface area contributed by atoms with Crippen LogP contribution in [0.5, 0.6) is 0 Å². The number of allylic oxidation sites excluding steroid dienone is 1. The second kappa shape index (κ2) is 7.29. The van der Waals surface area contributed by atoms with Gasteiger partial charge >= 0.3 is 0 Å². The zero-order valence-corrected chi connectivity index (χ0v) is 15.4. The minimum absolute atomic E-state index is 0.565. The van der Waals surface area contributed by atoms with Crippen molar-refractivity contribution in [3.63, 3.8) is 0 Å². The third-order valence-corrected chi connectivity index (χ3v) is 4.86. The molecule has 3 heterocycles. The Morgan fingerprint density at radius 3 is 3.00 bits per heavy atom. The first-order valence-corrected chi connectivity index (χ1v) is 9.36. The summed E-state index contributed by atoms with van der Waals surface area (Å²) >= 11 is 0. The molecule has 0 amide bonds. The highest BCUT2D eigenvalue weighted by Crippen LogP contribution is 2.25. The SMILES string of the molecule is C1=C\Cn2ccc3ccc(cc32)-c2ccnc(n2)Nc2cccc(c2)COC/1. The van der Waals surface area contributed by atoms with E-state index >= 15 is 0 Å². The van der Waals surface area contributed by atoms with E-state index in [4.69, 9.17) is 9.72 Å². The second-order valence-corrected chi connectivity index (χ2v) is 6.82. The van der Waals surface area contributed by atoms with Gasteiger partial charge in [0.15, 0.2) is 0 Å². The smallest absolute Gasteiger partial charge is 0.227 e. The predicted octanol–water partition coefficient (Wildman–Crippen LogP) is 4.93. The fourth-order valence-corrected chi connectivity index (χ4v) is 3.45. The van der Waals surface area contributed by atoms with Crippen LogP contribution in [0.25, 0.3) is 22.2 Å². The molecule has 6 bridgehead atoms.